The lowest BCUT2D eigenvalue weighted by Crippen LogP contribution is -2.00. The molecule has 1 N–H and O–H groups in total. The van der Waals surface area contributed by atoms with E-state index in [-0.39, 0.29) is 5.69 Å². The van der Waals surface area contributed by atoms with Crippen molar-refractivity contribution in [2.45, 2.75) is 12.8 Å². The van der Waals surface area contributed by atoms with E-state index in [4.69, 9.17) is 0 Å². The molecule has 0 saturated heterocycles. The van der Waals surface area contributed by atoms with Gasteiger partial charge in [0.2, 0.25) is 0 Å². The Bertz CT molecular complexity index is 411. The SMILES string of the molecule is C=C(Nc1cccc([N+](=O)[O-])c1)C1CC1. The maximum atomic E-state index is 10.5. The monoisotopic (exact) mass is 204 g/mol. The number of hydrogen-bond acceptors (Lipinski definition) is 3. The molecule has 0 aliphatic heterocycles. The number of nitro benzene ring substituents is 1. The molecule has 1 aliphatic carbocycles. The van der Waals surface area contributed by atoms with Gasteiger partial charge in [-0.25, -0.2) is 0 Å². The van der Waals surface area contributed by atoms with Crippen LogP contribution in [0.3, 0.4) is 0 Å². The molecule has 0 bridgehead atoms. The van der Waals surface area contributed by atoms with Crippen molar-refractivity contribution in [3.63, 3.8) is 0 Å². The maximum absolute atomic E-state index is 10.5. The van der Waals surface area contributed by atoms with Crippen molar-refractivity contribution in [2.24, 2.45) is 5.92 Å². The van der Waals surface area contributed by atoms with Gasteiger partial charge in [0.1, 0.15) is 0 Å². The lowest BCUT2D eigenvalue weighted by molar-refractivity contribution is -0.384. The van der Waals surface area contributed by atoms with Gasteiger partial charge in [-0.3, -0.25) is 10.1 Å². The van der Waals surface area contributed by atoms with E-state index in [1.54, 1.807) is 12.1 Å². The molecule has 1 aromatic rings. The molecule has 15 heavy (non-hydrogen) atoms. The smallest absolute Gasteiger partial charge is 0.271 e. The summed E-state index contributed by atoms with van der Waals surface area (Å²) in [4.78, 5) is 10.1. The third kappa shape index (κ3) is 2.34. The summed E-state index contributed by atoms with van der Waals surface area (Å²) in [6, 6.07) is 6.47. The molecule has 0 amide bonds. The molecule has 0 unspecified atom stereocenters. The quantitative estimate of drug-likeness (QED) is 0.606. The second-order valence-corrected chi connectivity index (χ2v) is 3.73. The van der Waals surface area contributed by atoms with Crippen molar-refractivity contribution in [3.8, 4) is 0 Å². The summed E-state index contributed by atoms with van der Waals surface area (Å²) in [6.07, 6.45) is 2.33. The Morgan fingerprint density at radius 3 is 2.87 bits per heavy atom. The molecule has 0 atom stereocenters. The highest BCUT2D eigenvalue weighted by molar-refractivity contribution is 5.54. The van der Waals surface area contributed by atoms with Gasteiger partial charge in [0.05, 0.1) is 4.92 Å². The highest BCUT2D eigenvalue weighted by Crippen LogP contribution is 2.36. The van der Waals surface area contributed by atoms with E-state index in [9.17, 15) is 10.1 Å². The summed E-state index contributed by atoms with van der Waals surface area (Å²) in [5.41, 5.74) is 1.79. The van der Waals surface area contributed by atoms with Crippen molar-refractivity contribution in [3.05, 3.63) is 46.7 Å². The number of non-ortho nitro benzene ring substituents is 1. The van der Waals surface area contributed by atoms with Gasteiger partial charge in [-0.15, -0.1) is 0 Å². The van der Waals surface area contributed by atoms with Crippen molar-refractivity contribution in [1.29, 1.82) is 0 Å². The molecule has 1 aromatic carbocycles. The van der Waals surface area contributed by atoms with E-state index < -0.39 is 4.92 Å². The van der Waals surface area contributed by atoms with Gasteiger partial charge < -0.3 is 5.32 Å². The average molecular weight is 204 g/mol. The molecule has 2 rings (SSSR count). The maximum Gasteiger partial charge on any atom is 0.271 e. The lowest BCUT2D eigenvalue weighted by Gasteiger charge is -2.07. The van der Waals surface area contributed by atoms with Crippen molar-refractivity contribution in [2.75, 3.05) is 5.32 Å². The van der Waals surface area contributed by atoms with Crippen LogP contribution in [0, 0.1) is 16.0 Å². The Morgan fingerprint density at radius 1 is 1.53 bits per heavy atom. The largest absolute Gasteiger partial charge is 0.359 e. The zero-order chi connectivity index (χ0) is 10.8. The average Bonchev–Trinajstić information content (AvgIpc) is 3.01. The third-order valence-corrected chi connectivity index (χ3v) is 2.43. The van der Waals surface area contributed by atoms with Crippen LogP contribution in [0.15, 0.2) is 36.5 Å². The first-order valence-corrected chi connectivity index (χ1v) is 4.87. The van der Waals surface area contributed by atoms with Gasteiger partial charge in [0, 0.05) is 23.5 Å². The van der Waals surface area contributed by atoms with E-state index in [0.29, 0.717) is 5.92 Å². The summed E-state index contributed by atoms with van der Waals surface area (Å²) >= 11 is 0. The first-order valence-electron chi connectivity index (χ1n) is 4.87. The minimum absolute atomic E-state index is 0.101. The Hall–Kier alpha value is -1.84. The van der Waals surface area contributed by atoms with Gasteiger partial charge in [-0.05, 0) is 24.8 Å². The predicted octanol–water partition coefficient (Wildman–Crippen LogP) is 2.93. The van der Waals surface area contributed by atoms with Crippen LogP contribution < -0.4 is 5.32 Å². The third-order valence-electron chi connectivity index (χ3n) is 2.43. The number of hydrogen-bond donors (Lipinski definition) is 1. The fourth-order valence-corrected chi connectivity index (χ4v) is 1.42. The number of nitrogens with one attached hydrogen (secondary N) is 1. The molecular weight excluding hydrogens is 192 g/mol. The molecule has 78 valence electrons. The Morgan fingerprint density at radius 2 is 2.27 bits per heavy atom. The number of rotatable bonds is 4. The minimum Gasteiger partial charge on any atom is -0.359 e. The lowest BCUT2D eigenvalue weighted by atomic mass is 10.2. The fraction of sp³-hybridized carbons (Fsp3) is 0.273. The van der Waals surface area contributed by atoms with Crippen LogP contribution in [-0.4, -0.2) is 4.92 Å². The molecule has 0 spiro atoms. The molecule has 4 nitrogen and oxygen atoms in total. The minimum atomic E-state index is -0.398. The number of benzene rings is 1. The molecule has 1 saturated carbocycles. The van der Waals surface area contributed by atoms with E-state index >= 15 is 0 Å². The molecule has 0 heterocycles. The van der Waals surface area contributed by atoms with E-state index in [0.717, 1.165) is 11.4 Å². The zero-order valence-electron chi connectivity index (χ0n) is 8.27. The van der Waals surface area contributed by atoms with Crippen LogP contribution in [0.2, 0.25) is 0 Å². The number of nitrogens with zero attached hydrogens (tertiary/aromatic N) is 1. The molecule has 4 heteroatoms. The highest BCUT2D eigenvalue weighted by Gasteiger charge is 2.24. The van der Waals surface area contributed by atoms with Gasteiger partial charge in [0.15, 0.2) is 0 Å². The summed E-state index contributed by atoms with van der Waals surface area (Å²) in [6.45, 7) is 3.91. The second-order valence-electron chi connectivity index (χ2n) is 3.73. The first kappa shape index (κ1) is 9.71. The van der Waals surface area contributed by atoms with Crippen molar-refractivity contribution >= 4 is 11.4 Å². The second kappa shape index (κ2) is 3.73. The van der Waals surface area contributed by atoms with E-state index in [2.05, 4.69) is 11.9 Å². The molecule has 0 radical (unpaired) electrons. The van der Waals surface area contributed by atoms with Crippen LogP contribution in [0.25, 0.3) is 0 Å². The standard InChI is InChI=1S/C11H12N2O2/c1-8(9-5-6-9)12-10-3-2-4-11(7-10)13(14)15/h2-4,7,9,12H,1,5-6H2. The topological polar surface area (TPSA) is 55.2 Å². The van der Waals surface area contributed by atoms with E-state index in [1.165, 1.54) is 25.0 Å². The summed E-state index contributed by atoms with van der Waals surface area (Å²) in [7, 11) is 0. The van der Waals surface area contributed by atoms with E-state index in [1.807, 2.05) is 0 Å². The first-order chi connectivity index (χ1) is 7.16. The van der Waals surface area contributed by atoms with Gasteiger partial charge in [-0.1, -0.05) is 12.6 Å². The van der Waals surface area contributed by atoms with Gasteiger partial charge in [-0.2, -0.15) is 0 Å². The van der Waals surface area contributed by atoms with Crippen molar-refractivity contribution in [1.82, 2.24) is 0 Å². The Kier molecular flexibility index (Phi) is 2.41. The number of anilines is 1. The summed E-state index contributed by atoms with van der Waals surface area (Å²) in [5.74, 6) is 0.546. The number of nitro groups is 1. The van der Waals surface area contributed by atoms with Gasteiger partial charge >= 0.3 is 0 Å². The van der Waals surface area contributed by atoms with Gasteiger partial charge in [0.25, 0.3) is 5.69 Å². The highest BCUT2D eigenvalue weighted by atomic mass is 16.6. The Balaban J connectivity index is 2.10. The van der Waals surface area contributed by atoms with Crippen LogP contribution in [0.5, 0.6) is 0 Å². The van der Waals surface area contributed by atoms with Crippen molar-refractivity contribution < 1.29 is 4.92 Å². The molecule has 1 aliphatic rings. The number of allylic oxidation sites excluding steroid dienone is 1. The Labute approximate surface area is 87.8 Å². The normalized spacial score (nSPS) is 14.7. The van der Waals surface area contributed by atoms with Crippen LogP contribution in [0.4, 0.5) is 11.4 Å². The summed E-state index contributed by atoms with van der Waals surface area (Å²) < 4.78 is 0. The molecular formula is C11H12N2O2. The fourth-order valence-electron chi connectivity index (χ4n) is 1.42. The molecule has 0 aromatic heterocycles. The van der Waals surface area contributed by atoms with Crippen LogP contribution in [-0.2, 0) is 0 Å². The van der Waals surface area contributed by atoms with Crippen LogP contribution >= 0.6 is 0 Å². The predicted molar refractivity (Wildman–Crippen MR) is 58.6 cm³/mol. The van der Waals surface area contributed by atoms with Crippen LogP contribution in [0.1, 0.15) is 12.8 Å². The summed E-state index contributed by atoms with van der Waals surface area (Å²) in [5, 5.41) is 13.6. The zero-order valence-corrected chi connectivity index (χ0v) is 8.27. The molecule has 1 fully saturated rings.